The van der Waals surface area contributed by atoms with Crippen molar-refractivity contribution in [1.82, 2.24) is 15.1 Å². The number of carbonyl (C=O) groups excluding carboxylic acids is 1. The molecule has 0 unspecified atom stereocenters. The van der Waals surface area contributed by atoms with Crippen LogP contribution in [-0.2, 0) is 11.8 Å². The zero-order chi connectivity index (χ0) is 16.2. The maximum absolute atomic E-state index is 12.4. The lowest BCUT2D eigenvalue weighted by molar-refractivity contribution is 0.0641. The lowest BCUT2D eigenvalue weighted by Crippen LogP contribution is -2.33. The molecule has 122 valence electrons. The molecule has 1 fully saturated rings. The number of aromatic nitrogens is 2. The first kappa shape index (κ1) is 16.0. The highest BCUT2D eigenvalue weighted by Crippen LogP contribution is 2.21. The Morgan fingerprint density at radius 1 is 1.35 bits per heavy atom. The molecule has 2 heterocycles. The first-order valence-corrected chi connectivity index (χ1v) is 8.17. The highest BCUT2D eigenvalue weighted by atomic mass is 35.5. The molecule has 0 atom stereocenters. The fraction of sp³-hybridized carbons (Fsp3) is 0.412. The van der Waals surface area contributed by atoms with Crippen LogP contribution in [0.15, 0.2) is 30.3 Å². The normalized spacial score (nSPS) is 15.6. The van der Waals surface area contributed by atoms with Crippen molar-refractivity contribution in [1.29, 1.82) is 0 Å². The molecule has 1 amide bonds. The van der Waals surface area contributed by atoms with Crippen molar-refractivity contribution in [2.75, 3.05) is 19.8 Å². The van der Waals surface area contributed by atoms with Crippen molar-refractivity contribution in [3.05, 3.63) is 41.0 Å². The molecule has 2 aromatic rings. The summed E-state index contributed by atoms with van der Waals surface area (Å²) < 4.78 is 6.95. The smallest absolute Gasteiger partial charge is 0.269 e. The van der Waals surface area contributed by atoms with E-state index >= 15 is 0 Å². The zero-order valence-corrected chi connectivity index (χ0v) is 13.8. The number of benzene rings is 1. The first-order chi connectivity index (χ1) is 11.1. The Bertz CT molecular complexity index is 676. The van der Waals surface area contributed by atoms with Gasteiger partial charge in [-0.2, -0.15) is 5.10 Å². The van der Waals surface area contributed by atoms with Gasteiger partial charge < -0.3 is 10.1 Å². The van der Waals surface area contributed by atoms with Gasteiger partial charge in [0.2, 0.25) is 0 Å². The Labute approximate surface area is 140 Å². The molecule has 0 saturated carbocycles. The van der Waals surface area contributed by atoms with Crippen LogP contribution in [-0.4, -0.2) is 35.4 Å². The molecule has 1 aromatic carbocycles. The number of amides is 1. The molecule has 1 aliphatic heterocycles. The molecule has 5 nitrogen and oxygen atoms in total. The minimum absolute atomic E-state index is 0.0910. The van der Waals surface area contributed by atoms with Gasteiger partial charge in [0.1, 0.15) is 5.69 Å². The number of nitrogens with zero attached hydrogens (tertiary/aromatic N) is 2. The van der Waals surface area contributed by atoms with Gasteiger partial charge in [0, 0.05) is 37.4 Å². The van der Waals surface area contributed by atoms with Crippen molar-refractivity contribution < 1.29 is 9.53 Å². The Hall–Kier alpha value is -1.85. The molecule has 1 aromatic heterocycles. The van der Waals surface area contributed by atoms with Gasteiger partial charge in [0.25, 0.3) is 5.91 Å². The van der Waals surface area contributed by atoms with E-state index in [-0.39, 0.29) is 5.91 Å². The lowest BCUT2D eigenvalue weighted by atomic mass is 10.0. The van der Waals surface area contributed by atoms with Gasteiger partial charge in [0.15, 0.2) is 0 Å². The van der Waals surface area contributed by atoms with Crippen LogP contribution in [0.4, 0.5) is 0 Å². The summed E-state index contributed by atoms with van der Waals surface area (Å²) in [5, 5.41) is 8.11. The quantitative estimate of drug-likeness (QED) is 0.936. The van der Waals surface area contributed by atoms with E-state index in [4.69, 9.17) is 16.3 Å². The number of hydrogen-bond donors (Lipinski definition) is 1. The third kappa shape index (κ3) is 3.92. The van der Waals surface area contributed by atoms with Crippen molar-refractivity contribution >= 4 is 17.5 Å². The molecule has 1 saturated heterocycles. The number of carbonyl (C=O) groups is 1. The van der Waals surface area contributed by atoms with E-state index < -0.39 is 0 Å². The Morgan fingerprint density at radius 3 is 2.74 bits per heavy atom. The van der Waals surface area contributed by atoms with Crippen LogP contribution in [0.5, 0.6) is 0 Å². The Morgan fingerprint density at radius 2 is 2.04 bits per heavy atom. The van der Waals surface area contributed by atoms with E-state index in [1.54, 1.807) is 11.7 Å². The van der Waals surface area contributed by atoms with E-state index in [2.05, 4.69) is 10.4 Å². The van der Waals surface area contributed by atoms with Gasteiger partial charge in [0.05, 0.1) is 5.69 Å². The summed E-state index contributed by atoms with van der Waals surface area (Å²) in [5.74, 6) is 0.406. The SMILES string of the molecule is Cn1nc(-c2ccc(Cl)cc2)cc1C(=O)NCC1CCOCC1. The maximum atomic E-state index is 12.4. The summed E-state index contributed by atoms with van der Waals surface area (Å²) in [6.45, 7) is 2.25. The van der Waals surface area contributed by atoms with Gasteiger partial charge in [-0.05, 0) is 37.0 Å². The van der Waals surface area contributed by atoms with Crippen molar-refractivity contribution in [3.63, 3.8) is 0 Å². The Balaban J connectivity index is 1.67. The summed E-state index contributed by atoms with van der Waals surface area (Å²) in [6, 6.07) is 9.23. The molecule has 0 spiro atoms. The van der Waals surface area contributed by atoms with Crippen molar-refractivity contribution in [2.45, 2.75) is 12.8 Å². The van der Waals surface area contributed by atoms with E-state index in [0.717, 1.165) is 37.3 Å². The second-order valence-corrected chi connectivity index (χ2v) is 6.25. The summed E-state index contributed by atoms with van der Waals surface area (Å²) in [5.41, 5.74) is 2.26. The number of rotatable bonds is 4. The van der Waals surface area contributed by atoms with Crippen LogP contribution in [0.3, 0.4) is 0 Å². The monoisotopic (exact) mass is 333 g/mol. The van der Waals surface area contributed by atoms with Crippen LogP contribution in [0.25, 0.3) is 11.3 Å². The molecular weight excluding hydrogens is 314 g/mol. The predicted octanol–water partition coefficient (Wildman–Crippen LogP) is 2.90. The minimum Gasteiger partial charge on any atom is -0.381 e. The lowest BCUT2D eigenvalue weighted by Gasteiger charge is -2.22. The van der Waals surface area contributed by atoms with E-state index in [0.29, 0.717) is 23.2 Å². The molecule has 1 N–H and O–H groups in total. The average molecular weight is 334 g/mol. The van der Waals surface area contributed by atoms with Gasteiger partial charge in [-0.1, -0.05) is 23.7 Å². The molecule has 6 heteroatoms. The minimum atomic E-state index is -0.0910. The summed E-state index contributed by atoms with van der Waals surface area (Å²) in [6.07, 6.45) is 2.00. The van der Waals surface area contributed by atoms with Crippen LogP contribution in [0, 0.1) is 5.92 Å². The van der Waals surface area contributed by atoms with Gasteiger partial charge in [-0.15, -0.1) is 0 Å². The molecule has 1 aliphatic rings. The predicted molar refractivity (Wildman–Crippen MR) is 89.5 cm³/mol. The van der Waals surface area contributed by atoms with Gasteiger partial charge in [-0.25, -0.2) is 0 Å². The van der Waals surface area contributed by atoms with E-state index in [9.17, 15) is 4.79 Å². The molecule has 0 bridgehead atoms. The molecule has 0 radical (unpaired) electrons. The van der Waals surface area contributed by atoms with Crippen LogP contribution in [0.2, 0.25) is 5.02 Å². The average Bonchev–Trinajstić information content (AvgIpc) is 2.96. The maximum Gasteiger partial charge on any atom is 0.269 e. The molecule has 23 heavy (non-hydrogen) atoms. The molecular formula is C17H20ClN3O2. The van der Waals surface area contributed by atoms with Crippen LogP contribution >= 0.6 is 11.6 Å². The van der Waals surface area contributed by atoms with E-state index in [1.807, 2.05) is 30.3 Å². The summed E-state index contributed by atoms with van der Waals surface area (Å²) >= 11 is 5.90. The zero-order valence-electron chi connectivity index (χ0n) is 13.1. The van der Waals surface area contributed by atoms with Crippen molar-refractivity contribution in [2.24, 2.45) is 13.0 Å². The summed E-state index contributed by atoms with van der Waals surface area (Å²) in [4.78, 5) is 12.4. The Kier molecular flexibility index (Phi) is 4.98. The van der Waals surface area contributed by atoms with E-state index in [1.165, 1.54) is 0 Å². The number of ether oxygens (including phenoxy) is 1. The third-order valence-electron chi connectivity index (χ3n) is 4.14. The number of aryl methyl sites for hydroxylation is 1. The second kappa shape index (κ2) is 7.15. The van der Waals surface area contributed by atoms with Crippen LogP contribution < -0.4 is 5.32 Å². The standard InChI is InChI=1S/C17H20ClN3O2/c1-21-16(17(22)19-11-12-6-8-23-9-7-12)10-15(20-21)13-2-4-14(18)5-3-13/h2-5,10,12H,6-9,11H2,1H3,(H,19,22). The topological polar surface area (TPSA) is 56.2 Å². The molecule has 0 aliphatic carbocycles. The fourth-order valence-electron chi connectivity index (χ4n) is 2.72. The largest absolute Gasteiger partial charge is 0.381 e. The highest BCUT2D eigenvalue weighted by Gasteiger charge is 2.18. The second-order valence-electron chi connectivity index (χ2n) is 5.81. The number of halogens is 1. The van der Waals surface area contributed by atoms with Gasteiger partial charge in [-0.3, -0.25) is 9.48 Å². The van der Waals surface area contributed by atoms with Crippen molar-refractivity contribution in [3.8, 4) is 11.3 Å². The number of nitrogens with one attached hydrogen (secondary N) is 1. The fourth-order valence-corrected chi connectivity index (χ4v) is 2.85. The third-order valence-corrected chi connectivity index (χ3v) is 4.40. The highest BCUT2D eigenvalue weighted by molar-refractivity contribution is 6.30. The van der Waals surface area contributed by atoms with Gasteiger partial charge >= 0.3 is 0 Å². The molecule has 3 rings (SSSR count). The number of hydrogen-bond acceptors (Lipinski definition) is 3. The summed E-state index contributed by atoms with van der Waals surface area (Å²) in [7, 11) is 1.78. The van der Waals surface area contributed by atoms with Crippen LogP contribution in [0.1, 0.15) is 23.3 Å². The first-order valence-electron chi connectivity index (χ1n) is 7.79.